The fourth-order valence-corrected chi connectivity index (χ4v) is 4.37. The van der Waals surface area contributed by atoms with Crippen LogP contribution in [-0.2, 0) is 0 Å². The summed E-state index contributed by atoms with van der Waals surface area (Å²) in [5.41, 5.74) is 10.4. The van der Waals surface area contributed by atoms with Crippen LogP contribution in [0.25, 0.3) is 0 Å². The molecule has 114 valence electrons. The maximum absolute atomic E-state index is 2.46. The van der Waals surface area contributed by atoms with Gasteiger partial charge in [0.05, 0.1) is 0 Å². The fraction of sp³-hybridized carbons (Fsp3) is 0.524. The van der Waals surface area contributed by atoms with Crippen LogP contribution in [0.1, 0.15) is 62.3 Å². The van der Waals surface area contributed by atoms with Gasteiger partial charge in [0.15, 0.2) is 0 Å². The molecule has 21 heavy (non-hydrogen) atoms. The molecule has 0 nitrogen and oxygen atoms in total. The Kier molecular flexibility index (Phi) is 3.72. The normalized spacial score (nSPS) is 32.6. The molecule has 0 amide bonds. The van der Waals surface area contributed by atoms with Gasteiger partial charge < -0.3 is 0 Å². The fourth-order valence-electron chi connectivity index (χ4n) is 4.37. The van der Waals surface area contributed by atoms with E-state index in [9.17, 15) is 0 Å². The molecule has 0 aromatic rings. The van der Waals surface area contributed by atoms with Crippen LogP contribution in [0.4, 0.5) is 0 Å². The molecule has 2 aliphatic rings. The predicted molar refractivity (Wildman–Crippen MR) is 94.2 cm³/mol. The van der Waals surface area contributed by atoms with E-state index in [0.29, 0.717) is 0 Å². The summed E-state index contributed by atoms with van der Waals surface area (Å²) in [6.45, 7) is 20.5. The van der Waals surface area contributed by atoms with Gasteiger partial charge in [-0.1, -0.05) is 40.5 Å². The molecule has 2 rings (SSSR count). The molecule has 2 unspecified atom stereocenters. The van der Waals surface area contributed by atoms with Crippen molar-refractivity contribution in [1.82, 2.24) is 0 Å². The van der Waals surface area contributed by atoms with Gasteiger partial charge in [-0.25, -0.2) is 0 Å². The average molecular weight is 282 g/mol. The van der Waals surface area contributed by atoms with Crippen LogP contribution >= 0.6 is 0 Å². The molecule has 0 spiro atoms. The van der Waals surface area contributed by atoms with Crippen LogP contribution in [0, 0.1) is 10.8 Å². The average Bonchev–Trinajstić information content (AvgIpc) is 2.72. The van der Waals surface area contributed by atoms with Gasteiger partial charge in [0, 0.05) is 10.8 Å². The molecule has 0 heterocycles. The maximum Gasteiger partial charge on any atom is 0.0292 e. The van der Waals surface area contributed by atoms with Crippen molar-refractivity contribution in [3.8, 4) is 0 Å². The van der Waals surface area contributed by atoms with Crippen molar-refractivity contribution in [2.45, 2.75) is 62.3 Å². The van der Waals surface area contributed by atoms with Gasteiger partial charge in [0.1, 0.15) is 0 Å². The van der Waals surface area contributed by atoms with Crippen LogP contribution in [0.2, 0.25) is 0 Å². The van der Waals surface area contributed by atoms with Gasteiger partial charge in [-0.05, 0) is 79.0 Å². The highest BCUT2D eigenvalue weighted by Crippen LogP contribution is 2.57. The van der Waals surface area contributed by atoms with Gasteiger partial charge in [0.2, 0.25) is 0 Å². The Morgan fingerprint density at radius 3 is 1.29 bits per heavy atom. The first kappa shape index (κ1) is 16.1. The van der Waals surface area contributed by atoms with E-state index in [4.69, 9.17) is 0 Å². The molecule has 0 aromatic heterocycles. The zero-order valence-corrected chi connectivity index (χ0v) is 15.2. The molecular formula is C21H30. The van der Waals surface area contributed by atoms with Crippen molar-refractivity contribution >= 4 is 0 Å². The molecule has 0 aromatic carbocycles. The summed E-state index contributed by atoms with van der Waals surface area (Å²) in [6, 6.07) is 0. The second-order valence-corrected chi connectivity index (χ2v) is 7.26. The zero-order chi connectivity index (χ0) is 16.2. The summed E-state index contributed by atoms with van der Waals surface area (Å²) in [7, 11) is 0. The summed E-state index contributed by atoms with van der Waals surface area (Å²) in [5, 5.41) is 0. The van der Waals surface area contributed by atoms with E-state index in [2.05, 4.69) is 80.5 Å². The van der Waals surface area contributed by atoms with Crippen LogP contribution in [0.5, 0.6) is 0 Å². The molecule has 0 aliphatic heterocycles. The van der Waals surface area contributed by atoms with E-state index in [1.165, 1.54) is 39.0 Å². The molecule has 2 atom stereocenters. The standard InChI is InChI=1S/C21H30/c1-10-19(20(8)11-13(2)15(4)17(20)6)21(9)12-14(3)16(5)18(21)7/h10-12H,1-9H3. The minimum absolute atomic E-state index is 0.0420. The lowest BCUT2D eigenvalue weighted by Crippen LogP contribution is -2.29. The van der Waals surface area contributed by atoms with Crippen molar-refractivity contribution < 1.29 is 0 Å². The minimum atomic E-state index is 0.0420. The van der Waals surface area contributed by atoms with Crippen molar-refractivity contribution in [3.63, 3.8) is 0 Å². The molecule has 0 radical (unpaired) electrons. The first-order valence-electron chi connectivity index (χ1n) is 8.02. The Morgan fingerprint density at radius 2 is 1.10 bits per heavy atom. The van der Waals surface area contributed by atoms with E-state index in [1.54, 1.807) is 0 Å². The number of rotatable bonds is 2. The smallest absolute Gasteiger partial charge is 0.0292 e. The lowest BCUT2D eigenvalue weighted by Gasteiger charge is -2.39. The maximum atomic E-state index is 2.46. The van der Waals surface area contributed by atoms with Crippen molar-refractivity contribution in [2.75, 3.05) is 0 Å². The number of hydrogen-bond donors (Lipinski definition) is 0. The molecule has 0 bridgehead atoms. The highest BCUT2D eigenvalue weighted by atomic mass is 14.5. The highest BCUT2D eigenvalue weighted by Gasteiger charge is 2.44. The second-order valence-electron chi connectivity index (χ2n) is 7.26. The van der Waals surface area contributed by atoms with Gasteiger partial charge in [0.25, 0.3) is 0 Å². The molecule has 2 aliphatic carbocycles. The Labute approximate surface area is 131 Å². The molecule has 0 saturated carbocycles. The first-order valence-corrected chi connectivity index (χ1v) is 8.02. The summed E-state index contributed by atoms with van der Waals surface area (Å²) in [6.07, 6.45) is 7.27. The minimum Gasteiger partial charge on any atom is -0.0861 e. The molecule has 0 N–H and O–H groups in total. The van der Waals surface area contributed by atoms with E-state index in [0.717, 1.165) is 0 Å². The first-order chi connectivity index (χ1) is 9.59. The van der Waals surface area contributed by atoms with Crippen molar-refractivity contribution in [1.29, 1.82) is 0 Å². The summed E-state index contributed by atoms with van der Waals surface area (Å²) in [4.78, 5) is 0. The Hall–Kier alpha value is -1.30. The topological polar surface area (TPSA) is 0 Å². The van der Waals surface area contributed by atoms with E-state index in [1.807, 2.05) is 0 Å². The molecular weight excluding hydrogens is 252 g/mol. The van der Waals surface area contributed by atoms with E-state index in [-0.39, 0.29) is 10.8 Å². The Bertz CT molecular complexity index is 592. The third-order valence-electron chi connectivity index (χ3n) is 6.28. The highest BCUT2D eigenvalue weighted by molar-refractivity contribution is 5.58. The zero-order valence-electron chi connectivity index (χ0n) is 15.2. The number of allylic oxidation sites excluding steroid dienone is 10. The van der Waals surface area contributed by atoms with Crippen LogP contribution in [0.15, 0.2) is 57.2 Å². The van der Waals surface area contributed by atoms with Crippen molar-refractivity contribution in [3.05, 3.63) is 57.2 Å². The van der Waals surface area contributed by atoms with E-state index >= 15 is 0 Å². The quantitative estimate of drug-likeness (QED) is 0.504. The molecule has 0 saturated heterocycles. The third kappa shape index (κ3) is 2.03. The monoisotopic (exact) mass is 282 g/mol. The van der Waals surface area contributed by atoms with Gasteiger partial charge in [-0.15, -0.1) is 0 Å². The van der Waals surface area contributed by atoms with Crippen LogP contribution in [-0.4, -0.2) is 0 Å². The summed E-state index contributed by atoms with van der Waals surface area (Å²) >= 11 is 0. The summed E-state index contributed by atoms with van der Waals surface area (Å²) in [5.74, 6) is 0. The number of hydrogen-bond acceptors (Lipinski definition) is 0. The SMILES string of the molecule is CC=C(C1(C)C=C(C)C(C)=C1C)C1(C)C=C(C)C(C)=C1C. The van der Waals surface area contributed by atoms with Gasteiger partial charge in [-0.3, -0.25) is 0 Å². The lowest BCUT2D eigenvalue weighted by atomic mass is 9.64. The van der Waals surface area contributed by atoms with Crippen LogP contribution < -0.4 is 0 Å². The van der Waals surface area contributed by atoms with E-state index < -0.39 is 0 Å². The Morgan fingerprint density at radius 1 is 0.762 bits per heavy atom. The molecule has 0 heteroatoms. The largest absolute Gasteiger partial charge is 0.0861 e. The summed E-state index contributed by atoms with van der Waals surface area (Å²) < 4.78 is 0. The second kappa shape index (κ2) is 4.87. The lowest BCUT2D eigenvalue weighted by molar-refractivity contribution is 0.476. The molecule has 0 fully saturated rings. The Balaban J connectivity index is 2.65. The third-order valence-corrected chi connectivity index (χ3v) is 6.28. The van der Waals surface area contributed by atoms with Gasteiger partial charge >= 0.3 is 0 Å². The van der Waals surface area contributed by atoms with Gasteiger partial charge in [-0.2, -0.15) is 0 Å². The van der Waals surface area contributed by atoms with Crippen molar-refractivity contribution in [2.24, 2.45) is 10.8 Å². The van der Waals surface area contributed by atoms with Crippen LogP contribution in [0.3, 0.4) is 0 Å². The predicted octanol–water partition coefficient (Wildman–Crippen LogP) is 6.54.